The third-order valence-electron chi connectivity index (χ3n) is 3.79. The third kappa shape index (κ3) is 6.57. The Morgan fingerprint density at radius 2 is 1.89 bits per heavy atom. The molecule has 0 aromatic heterocycles. The van der Waals surface area contributed by atoms with Gasteiger partial charge in [-0.3, -0.25) is 4.79 Å². The molecule has 0 saturated heterocycles. The molecule has 28 heavy (non-hydrogen) atoms. The van der Waals surface area contributed by atoms with Gasteiger partial charge in [-0.15, -0.1) is 0 Å². The van der Waals surface area contributed by atoms with Gasteiger partial charge in [0, 0.05) is 5.69 Å². The maximum Gasteiger partial charge on any atom is 0.338 e. The number of carbonyl (C=O) groups excluding carboxylic acids is 2. The van der Waals surface area contributed by atoms with E-state index in [4.69, 9.17) is 14.2 Å². The van der Waals surface area contributed by atoms with Gasteiger partial charge in [0.1, 0.15) is 5.82 Å². The Balaban J connectivity index is 1.91. The molecular weight excluding hydrogens is 365 g/mol. The summed E-state index contributed by atoms with van der Waals surface area (Å²) in [6.07, 6.45) is 0.896. The Bertz CT molecular complexity index is 822. The second-order valence-corrected chi connectivity index (χ2v) is 6.53. The summed E-state index contributed by atoms with van der Waals surface area (Å²) in [7, 11) is 1.48. The predicted octanol–water partition coefficient (Wildman–Crippen LogP) is 4.05. The summed E-state index contributed by atoms with van der Waals surface area (Å²) in [4.78, 5) is 24.0. The number of carbonyl (C=O) groups is 2. The number of halogens is 1. The average Bonchev–Trinajstić information content (AvgIpc) is 2.66. The van der Waals surface area contributed by atoms with Crippen LogP contribution in [0.2, 0.25) is 0 Å². The Labute approximate surface area is 163 Å². The molecule has 6 nitrogen and oxygen atoms in total. The fraction of sp³-hybridized carbons (Fsp3) is 0.333. The van der Waals surface area contributed by atoms with Crippen molar-refractivity contribution in [3.63, 3.8) is 0 Å². The van der Waals surface area contributed by atoms with Crippen molar-refractivity contribution >= 4 is 17.6 Å². The van der Waals surface area contributed by atoms with E-state index in [1.54, 1.807) is 12.1 Å². The van der Waals surface area contributed by atoms with Gasteiger partial charge in [-0.25, -0.2) is 9.18 Å². The zero-order valence-electron chi connectivity index (χ0n) is 16.2. The van der Waals surface area contributed by atoms with Crippen LogP contribution < -0.4 is 14.8 Å². The van der Waals surface area contributed by atoms with Crippen molar-refractivity contribution in [1.82, 2.24) is 0 Å². The smallest absolute Gasteiger partial charge is 0.338 e. The summed E-state index contributed by atoms with van der Waals surface area (Å²) >= 11 is 0. The lowest BCUT2D eigenvalue weighted by Gasteiger charge is -2.13. The first-order chi connectivity index (χ1) is 13.4. The van der Waals surface area contributed by atoms with Crippen LogP contribution >= 0.6 is 0 Å². The number of hydrogen-bond donors (Lipinski definition) is 1. The molecule has 0 heterocycles. The Hall–Kier alpha value is -3.09. The molecule has 0 aliphatic rings. The first-order valence-corrected chi connectivity index (χ1v) is 8.92. The lowest BCUT2D eigenvalue weighted by Crippen LogP contribution is -2.21. The van der Waals surface area contributed by atoms with Crippen molar-refractivity contribution in [2.75, 3.05) is 25.6 Å². The van der Waals surface area contributed by atoms with Crippen LogP contribution in [0.3, 0.4) is 0 Å². The number of nitrogens with one attached hydrogen (secondary N) is 1. The molecule has 2 aromatic carbocycles. The molecule has 0 saturated carbocycles. The monoisotopic (exact) mass is 389 g/mol. The van der Waals surface area contributed by atoms with E-state index in [2.05, 4.69) is 19.2 Å². The van der Waals surface area contributed by atoms with E-state index in [9.17, 15) is 14.0 Å². The fourth-order valence-electron chi connectivity index (χ4n) is 2.30. The molecule has 0 atom stereocenters. The maximum absolute atomic E-state index is 13.1. The first kappa shape index (κ1) is 21.2. The standard InChI is InChI=1S/C21H24FNO5/c1-14(2)9-10-27-18-8-7-15(11-19(18)26-3)21(25)28-13-20(24)23-17-6-4-5-16(22)12-17/h4-8,11-12,14H,9-10,13H2,1-3H3,(H,23,24). The second-order valence-electron chi connectivity index (χ2n) is 6.53. The van der Waals surface area contributed by atoms with E-state index in [0.29, 0.717) is 24.0 Å². The summed E-state index contributed by atoms with van der Waals surface area (Å²) in [5.41, 5.74) is 0.511. The van der Waals surface area contributed by atoms with E-state index in [1.807, 2.05) is 0 Å². The molecule has 0 bridgehead atoms. The summed E-state index contributed by atoms with van der Waals surface area (Å²) in [5, 5.41) is 2.45. The zero-order chi connectivity index (χ0) is 20.5. The van der Waals surface area contributed by atoms with Crippen LogP contribution in [0.4, 0.5) is 10.1 Å². The minimum absolute atomic E-state index is 0.228. The van der Waals surface area contributed by atoms with Crippen molar-refractivity contribution < 1.29 is 28.2 Å². The highest BCUT2D eigenvalue weighted by atomic mass is 19.1. The number of hydrogen-bond acceptors (Lipinski definition) is 5. The topological polar surface area (TPSA) is 73.9 Å². The van der Waals surface area contributed by atoms with Crippen molar-refractivity contribution in [2.45, 2.75) is 20.3 Å². The zero-order valence-corrected chi connectivity index (χ0v) is 16.2. The van der Waals surface area contributed by atoms with Crippen molar-refractivity contribution in [3.05, 3.63) is 53.8 Å². The van der Waals surface area contributed by atoms with Crippen molar-refractivity contribution in [3.8, 4) is 11.5 Å². The molecule has 0 unspecified atom stereocenters. The van der Waals surface area contributed by atoms with Gasteiger partial charge in [0.2, 0.25) is 0 Å². The summed E-state index contributed by atoms with van der Waals surface area (Å²) in [6, 6.07) is 10.1. The number of esters is 1. The molecule has 150 valence electrons. The molecule has 2 aromatic rings. The number of amides is 1. The quantitative estimate of drug-likeness (QED) is 0.655. The maximum atomic E-state index is 13.1. The number of rotatable bonds is 9. The van der Waals surface area contributed by atoms with E-state index >= 15 is 0 Å². The van der Waals surface area contributed by atoms with Gasteiger partial charge >= 0.3 is 5.97 Å². The van der Waals surface area contributed by atoms with Crippen LogP contribution in [-0.4, -0.2) is 32.2 Å². The number of anilines is 1. The molecule has 0 fully saturated rings. The van der Waals surface area contributed by atoms with Crippen molar-refractivity contribution in [2.24, 2.45) is 5.92 Å². The minimum atomic E-state index is -0.679. The SMILES string of the molecule is COc1cc(C(=O)OCC(=O)Nc2cccc(F)c2)ccc1OCCC(C)C. The largest absolute Gasteiger partial charge is 0.493 e. The van der Waals surface area contributed by atoms with Gasteiger partial charge in [0.05, 0.1) is 19.3 Å². The van der Waals surface area contributed by atoms with Gasteiger partial charge in [0.15, 0.2) is 18.1 Å². The number of benzene rings is 2. The molecule has 1 amide bonds. The molecule has 0 spiro atoms. The molecule has 1 N–H and O–H groups in total. The van der Waals surface area contributed by atoms with Crippen LogP contribution in [-0.2, 0) is 9.53 Å². The highest BCUT2D eigenvalue weighted by Gasteiger charge is 2.14. The average molecular weight is 389 g/mol. The lowest BCUT2D eigenvalue weighted by atomic mass is 10.1. The molecular formula is C21H24FNO5. The van der Waals surface area contributed by atoms with Crippen LogP contribution in [0.25, 0.3) is 0 Å². The van der Waals surface area contributed by atoms with Crippen LogP contribution in [0, 0.1) is 11.7 Å². The van der Waals surface area contributed by atoms with Crippen LogP contribution in [0.15, 0.2) is 42.5 Å². The molecule has 7 heteroatoms. The normalized spacial score (nSPS) is 10.5. The highest BCUT2D eigenvalue weighted by molar-refractivity contribution is 5.95. The van der Waals surface area contributed by atoms with Crippen LogP contribution in [0.5, 0.6) is 11.5 Å². The number of ether oxygens (including phenoxy) is 3. The van der Waals surface area contributed by atoms with E-state index in [-0.39, 0.29) is 11.3 Å². The van der Waals surface area contributed by atoms with Gasteiger partial charge < -0.3 is 19.5 Å². The Morgan fingerprint density at radius 3 is 2.57 bits per heavy atom. The van der Waals surface area contributed by atoms with Crippen molar-refractivity contribution in [1.29, 1.82) is 0 Å². The Kier molecular flexibility index (Phi) is 7.80. The summed E-state index contributed by atoms with van der Waals surface area (Å²) < 4.78 is 29.1. The minimum Gasteiger partial charge on any atom is -0.493 e. The summed E-state index contributed by atoms with van der Waals surface area (Å²) in [5.74, 6) is -0.275. The molecule has 0 aliphatic heterocycles. The predicted molar refractivity (Wildman–Crippen MR) is 103 cm³/mol. The van der Waals surface area contributed by atoms with Gasteiger partial charge in [-0.05, 0) is 48.7 Å². The molecule has 2 rings (SSSR count). The van der Waals surface area contributed by atoms with Gasteiger partial charge in [-0.2, -0.15) is 0 Å². The lowest BCUT2D eigenvalue weighted by molar-refractivity contribution is -0.119. The molecule has 0 radical (unpaired) electrons. The van der Waals surface area contributed by atoms with E-state index in [1.165, 1.54) is 37.4 Å². The third-order valence-corrected chi connectivity index (χ3v) is 3.79. The van der Waals surface area contributed by atoms with Gasteiger partial charge in [-0.1, -0.05) is 19.9 Å². The number of methoxy groups -OCH3 is 1. The first-order valence-electron chi connectivity index (χ1n) is 8.92. The van der Waals surface area contributed by atoms with Crippen LogP contribution in [0.1, 0.15) is 30.6 Å². The molecule has 0 aliphatic carbocycles. The Morgan fingerprint density at radius 1 is 1.11 bits per heavy atom. The van der Waals surface area contributed by atoms with E-state index < -0.39 is 24.3 Å². The van der Waals surface area contributed by atoms with Gasteiger partial charge in [0.25, 0.3) is 5.91 Å². The summed E-state index contributed by atoms with van der Waals surface area (Å²) in [6.45, 7) is 4.25. The highest BCUT2D eigenvalue weighted by Crippen LogP contribution is 2.28. The second kappa shape index (κ2) is 10.3. The fourth-order valence-corrected chi connectivity index (χ4v) is 2.30. The van der Waals surface area contributed by atoms with E-state index in [0.717, 1.165) is 6.42 Å².